The number of benzene rings is 2. The summed E-state index contributed by atoms with van der Waals surface area (Å²) < 4.78 is 26.9. The summed E-state index contributed by atoms with van der Waals surface area (Å²) in [5.41, 5.74) is 3.76. The smallest absolute Gasteiger partial charge is 0.243 e. The van der Waals surface area contributed by atoms with Gasteiger partial charge in [-0.15, -0.1) is 0 Å². The molecule has 0 atom stereocenters. The molecule has 0 bridgehead atoms. The van der Waals surface area contributed by atoms with E-state index in [1.54, 1.807) is 28.6 Å². The SMILES string of the molecule is Cc1ccc(NC(=O)CNc2ccc(S(=O)(=O)N3CCCCC3)cc2)cc1C. The second-order valence-electron chi connectivity index (χ2n) is 7.19. The molecule has 7 heteroatoms. The van der Waals surface area contributed by atoms with Crippen molar-refractivity contribution >= 4 is 27.3 Å². The third-order valence-corrected chi connectivity index (χ3v) is 6.96. The average molecular weight is 402 g/mol. The van der Waals surface area contributed by atoms with E-state index in [2.05, 4.69) is 10.6 Å². The van der Waals surface area contributed by atoms with Crippen molar-refractivity contribution in [2.24, 2.45) is 0 Å². The Balaban J connectivity index is 1.56. The van der Waals surface area contributed by atoms with Crippen LogP contribution in [0.1, 0.15) is 30.4 Å². The fourth-order valence-corrected chi connectivity index (χ4v) is 4.72. The Kier molecular flexibility index (Phi) is 6.36. The number of hydrogen-bond acceptors (Lipinski definition) is 4. The lowest BCUT2D eigenvalue weighted by Gasteiger charge is -2.25. The number of sulfonamides is 1. The van der Waals surface area contributed by atoms with Gasteiger partial charge < -0.3 is 10.6 Å². The first-order chi connectivity index (χ1) is 13.4. The highest BCUT2D eigenvalue weighted by atomic mass is 32.2. The quantitative estimate of drug-likeness (QED) is 0.776. The van der Waals surface area contributed by atoms with E-state index < -0.39 is 10.0 Å². The molecule has 0 unspecified atom stereocenters. The van der Waals surface area contributed by atoms with Crippen LogP contribution in [0.25, 0.3) is 0 Å². The van der Waals surface area contributed by atoms with E-state index in [4.69, 9.17) is 0 Å². The summed E-state index contributed by atoms with van der Waals surface area (Å²) in [6.07, 6.45) is 2.90. The standard InChI is InChI=1S/C21H27N3O3S/c1-16-6-7-19(14-17(16)2)23-21(25)15-22-18-8-10-20(11-9-18)28(26,27)24-12-4-3-5-13-24/h6-11,14,22H,3-5,12-13,15H2,1-2H3,(H,23,25). The largest absolute Gasteiger partial charge is 0.376 e. The van der Waals surface area contributed by atoms with Crippen LogP contribution < -0.4 is 10.6 Å². The lowest BCUT2D eigenvalue weighted by Crippen LogP contribution is -2.35. The monoisotopic (exact) mass is 401 g/mol. The van der Waals surface area contributed by atoms with Crippen LogP contribution in [0, 0.1) is 13.8 Å². The third-order valence-electron chi connectivity index (χ3n) is 5.05. The van der Waals surface area contributed by atoms with Crippen molar-refractivity contribution in [3.63, 3.8) is 0 Å². The number of carbonyl (C=O) groups excluding carboxylic acids is 1. The molecule has 0 radical (unpaired) electrons. The van der Waals surface area contributed by atoms with Crippen LogP contribution in [-0.4, -0.2) is 38.3 Å². The maximum Gasteiger partial charge on any atom is 0.243 e. The second kappa shape index (κ2) is 8.75. The molecule has 0 aliphatic carbocycles. The molecule has 0 spiro atoms. The van der Waals surface area contributed by atoms with Gasteiger partial charge in [-0.05, 0) is 74.2 Å². The number of piperidine rings is 1. The van der Waals surface area contributed by atoms with E-state index in [9.17, 15) is 13.2 Å². The van der Waals surface area contributed by atoms with Crippen LogP contribution in [-0.2, 0) is 14.8 Å². The number of nitrogens with zero attached hydrogens (tertiary/aromatic N) is 1. The highest BCUT2D eigenvalue weighted by Crippen LogP contribution is 2.22. The van der Waals surface area contributed by atoms with Crippen LogP contribution in [0.15, 0.2) is 47.4 Å². The zero-order valence-corrected chi connectivity index (χ0v) is 17.2. The molecule has 1 amide bonds. The lowest BCUT2D eigenvalue weighted by molar-refractivity contribution is -0.114. The van der Waals surface area contributed by atoms with Gasteiger partial charge in [0.2, 0.25) is 15.9 Å². The van der Waals surface area contributed by atoms with E-state index >= 15 is 0 Å². The Morgan fingerprint density at radius 3 is 2.21 bits per heavy atom. The van der Waals surface area contributed by atoms with E-state index in [1.807, 2.05) is 32.0 Å². The molecule has 0 saturated carbocycles. The van der Waals surface area contributed by atoms with Gasteiger partial charge in [0.05, 0.1) is 11.4 Å². The maximum absolute atomic E-state index is 12.7. The van der Waals surface area contributed by atoms with E-state index in [1.165, 1.54) is 5.56 Å². The summed E-state index contributed by atoms with van der Waals surface area (Å²) in [6.45, 7) is 5.30. The van der Waals surface area contributed by atoms with Gasteiger partial charge in [0.1, 0.15) is 0 Å². The molecule has 150 valence electrons. The van der Waals surface area contributed by atoms with Crippen LogP contribution in [0.3, 0.4) is 0 Å². The second-order valence-corrected chi connectivity index (χ2v) is 9.13. The van der Waals surface area contributed by atoms with E-state index in [-0.39, 0.29) is 12.5 Å². The van der Waals surface area contributed by atoms with Crippen LogP contribution in [0.4, 0.5) is 11.4 Å². The minimum atomic E-state index is -3.43. The van der Waals surface area contributed by atoms with Gasteiger partial charge in [0.25, 0.3) is 0 Å². The Morgan fingerprint density at radius 1 is 0.929 bits per heavy atom. The molecule has 1 saturated heterocycles. The number of aryl methyl sites for hydroxylation is 2. The first-order valence-corrected chi connectivity index (χ1v) is 11.0. The number of anilines is 2. The Labute approximate surface area is 167 Å². The molecule has 6 nitrogen and oxygen atoms in total. The van der Waals surface area contributed by atoms with Gasteiger partial charge in [-0.1, -0.05) is 12.5 Å². The third kappa shape index (κ3) is 4.91. The van der Waals surface area contributed by atoms with Gasteiger partial charge in [-0.25, -0.2) is 8.42 Å². The van der Waals surface area contributed by atoms with Crippen molar-refractivity contribution in [3.05, 3.63) is 53.6 Å². The summed E-state index contributed by atoms with van der Waals surface area (Å²) in [7, 11) is -3.43. The molecular weight excluding hydrogens is 374 g/mol. The van der Waals surface area contributed by atoms with Crippen molar-refractivity contribution in [1.82, 2.24) is 4.31 Å². The first-order valence-electron chi connectivity index (χ1n) is 9.57. The molecule has 1 heterocycles. The minimum absolute atomic E-state index is 0.102. The highest BCUT2D eigenvalue weighted by Gasteiger charge is 2.25. The van der Waals surface area contributed by atoms with E-state index in [0.29, 0.717) is 23.7 Å². The number of hydrogen-bond donors (Lipinski definition) is 2. The summed E-state index contributed by atoms with van der Waals surface area (Å²) in [6, 6.07) is 12.4. The van der Waals surface area contributed by atoms with Crippen molar-refractivity contribution < 1.29 is 13.2 Å². The molecule has 2 aromatic rings. The number of rotatable bonds is 6. The zero-order valence-electron chi connectivity index (χ0n) is 16.4. The van der Waals surface area contributed by atoms with Crippen molar-refractivity contribution in [3.8, 4) is 0 Å². The molecule has 28 heavy (non-hydrogen) atoms. The number of amides is 1. The van der Waals surface area contributed by atoms with Crippen molar-refractivity contribution in [2.75, 3.05) is 30.3 Å². The fraction of sp³-hybridized carbons (Fsp3) is 0.381. The summed E-state index contributed by atoms with van der Waals surface area (Å²) in [5.74, 6) is -0.159. The Hall–Kier alpha value is -2.38. The van der Waals surface area contributed by atoms with Gasteiger partial charge in [0.15, 0.2) is 0 Å². The number of carbonyl (C=O) groups is 1. The summed E-state index contributed by atoms with van der Waals surface area (Å²) in [4.78, 5) is 12.4. The molecular formula is C21H27N3O3S. The molecule has 3 rings (SSSR count). The topological polar surface area (TPSA) is 78.5 Å². The van der Waals surface area contributed by atoms with Crippen molar-refractivity contribution in [1.29, 1.82) is 0 Å². The zero-order chi connectivity index (χ0) is 20.1. The first kappa shape index (κ1) is 20.4. The molecule has 0 aromatic heterocycles. The molecule has 2 N–H and O–H groups in total. The minimum Gasteiger partial charge on any atom is -0.376 e. The molecule has 1 aliphatic heterocycles. The van der Waals surface area contributed by atoms with Crippen molar-refractivity contribution in [2.45, 2.75) is 38.0 Å². The predicted molar refractivity (Wildman–Crippen MR) is 112 cm³/mol. The maximum atomic E-state index is 12.7. The highest BCUT2D eigenvalue weighted by molar-refractivity contribution is 7.89. The van der Waals surface area contributed by atoms with Crippen LogP contribution in [0.5, 0.6) is 0 Å². The number of nitrogens with one attached hydrogen (secondary N) is 2. The molecule has 1 fully saturated rings. The Morgan fingerprint density at radius 2 is 1.57 bits per heavy atom. The summed E-state index contributed by atoms with van der Waals surface area (Å²) >= 11 is 0. The lowest BCUT2D eigenvalue weighted by atomic mass is 10.1. The predicted octanol–water partition coefficient (Wildman–Crippen LogP) is 3.53. The van der Waals surface area contributed by atoms with E-state index in [0.717, 1.165) is 30.5 Å². The van der Waals surface area contributed by atoms with Gasteiger partial charge in [0, 0.05) is 24.5 Å². The molecule has 2 aromatic carbocycles. The summed E-state index contributed by atoms with van der Waals surface area (Å²) in [5, 5.41) is 5.88. The Bertz CT molecular complexity index is 934. The normalized spacial score (nSPS) is 15.2. The van der Waals surface area contributed by atoms with Gasteiger partial charge in [-0.2, -0.15) is 4.31 Å². The van der Waals surface area contributed by atoms with Crippen LogP contribution >= 0.6 is 0 Å². The van der Waals surface area contributed by atoms with Crippen LogP contribution in [0.2, 0.25) is 0 Å². The fourth-order valence-electron chi connectivity index (χ4n) is 3.21. The average Bonchev–Trinajstić information content (AvgIpc) is 2.70. The molecule has 1 aliphatic rings. The van der Waals surface area contributed by atoms with Gasteiger partial charge >= 0.3 is 0 Å². The van der Waals surface area contributed by atoms with Gasteiger partial charge in [-0.3, -0.25) is 4.79 Å².